The van der Waals surface area contributed by atoms with Gasteiger partial charge in [-0.15, -0.1) is 0 Å². The standard InChI is InChI=1S/C20H24N4O3/c1-13-5-3-4-6-16(13)27-18-11-14(2)22-20(23-18)15-9-10-24(12-15)19(26)8-7-17(21)25/h3-6,11,15H,7-10,12H2,1-2H3,(H2,21,25)/t15-/m1/s1. The Balaban J connectivity index is 1.70. The van der Waals surface area contributed by atoms with Crippen molar-refractivity contribution in [2.75, 3.05) is 13.1 Å². The minimum absolute atomic E-state index is 0.0552. The summed E-state index contributed by atoms with van der Waals surface area (Å²) in [6.45, 7) is 5.07. The van der Waals surface area contributed by atoms with E-state index < -0.39 is 5.91 Å². The first-order chi connectivity index (χ1) is 12.9. The van der Waals surface area contributed by atoms with Crippen molar-refractivity contribution in [1.29, 1.82) is 0 Å². The summed E-state index contributed by atoms with van der Waals surface area (Å²) in [6.07, 6.45) is 1.02. The number of carbonyl (C=O) groups excluding carboxylic acids is 2. The van der Waals surface area contributed by atoms with Crippen molar-refractivity contribution in [1.82, 2.24) is 14.9 Å². The second-order valence-electron chi connectivity index (χ2n) is 6.86. The fraction of sp³-hybridized carbons (Fsp3) is 0.400. The van der Waals surface area contributed by atoms with E-state index in [4.69, 9.17) is 10.5 Å². The lowest BCUT2D eigenvalue weighted by Gasteiger charge is -2.16. The van der Waals surface area contributed by atoms with E-state index in [1.807, 2.05) is 38.1 Å². The first kappa shape index (κ1) is 18.8. The number of amides is 2. The minimum Gasteiger partial charge on any atom is -0.439 e. The van der Waals surface area contributed by atoms with Crippen molar-refractivity contribution in [3.05, 3.63) is 47.4 Å². The fourth-order valence-corrected chi connectivity index (χ4v) is 3.17. The number of benzene rings is 1. The Hall–Kier alpha value is -2.96. The molecule has 1 saturated heterocycles. The van der Waals surface area contributed by atoms with Crippen molar-refractivity contribution in [3.8, 4) is 11.6 Å². The molecule has 0 aliphatic carbocycles. The molecule has 1 aliphatic rings. The van der Waals surface area contributed by atoms with Gasteiger partial charge in [0.25, 0.3) is 0 Å². The quantitative estimate of drug-likeness (QED) is 0.844. The molecule has 0 radical (unpaired) electrons. The number of nitrogens with two attached hydrogens (primary N) is 1. The smallest absolute Gasteiger partial charge is 0.223 e. The van der Waals surface area contributed by atoms with E-state index in [0.29, 0.717) is 24.8 Å². The lowest BCUT2D eigenvalue weighted by molar-refractivity contribution is -0.132. The zero-order valence-electron chi connectivity index (χ0n) is 15.6. The van der Waals surface area contributed by atoms with E-state index in [0.717, 1.165) is 23.4 Å². The van der Waals surface area contributed by atoms with Gasteiger partial charge in [0, 0.05) is 43.6 Å². The summed E-state index contributed by atoms with van der Waals surface area (Å²) in [5.74, 6) is 1.49. The molecular formula is C20H24N4O3. The number of rotatable bonds is 6. The molecule has 1 atom stereocenters. The average Bonchev–Trinajstić information content (AvgIpc) is 3.11. The first-order valence-electron chi connectivity index (χ1n) is 9.07. The first-order valence-corrected chi connectivity index (χ1v) is 9.07. The largest absolute Gasteiger partial charge is 0.439 e. The van der Waals surface area contributed by atoms with Gasteiger partial charge in [0.2, 0.25) is 17.7 Å². The molecule has 0 spiro atoms. The van der Waals surface area contributed by atoms with Crippen molar-refractivity contribution < 1.29 is 14.3 Å². The Kier molecular flexibility index (Phi) is 5.69. The van der Waals surface area contributed by atoms with Crippen LogP contribution in [-0.4, -0.2) is 39.8 Å². The van der Waals surface area contributed by atoms with Crippen molar-refractivity contribution >= 4 is 11.8 Å². The number of ether oxygens (including phenoxy) is 1. The summed E-state index contributed by atoms with van der Waals surface area (Å²) >= 11 is 0. The number of likely N-dealkylation sites (tertiary alicyclic amines) is 1. The van der Waals surface area contributed by atoms with Crippen LogP contribution in [0.4, 0.5) is 0 Å². The zero-order chi connectivity index (χ0) is 19.4. The zero-order valence-corrected chi connectivity index (χ0v) is 15.6. The van der Waals surface area contributed by atoms with Crippen LogP contribution in [0.25, 0.3) is 0 Å². The van der Waals surface area contributed by atoms with Crippen molar-refractivity contribution in [2.45, 2.75) is 39.0 Å². The number of hydrogen-bond acceptors (Lipinski definition) is 5. The number of aryl methyl sites for hydroxylation is 2. The number of para-hydroxylation sites is 1. The highest BCUT2D eigenvalue weighted by Gasteiger charge is 2.29. The molecule has 142 valence electrons. The Labute approximate surface area is 158 Å². The predicted octanol–water partition coefficient (Wildman–Crippen LogP) is 2.47. The summed E-state index contributed by atoms with van der Waals surface area (Å²) in [4.78, 5) is 33.9. The van der Waals surface area contributed by atoms with Crippen LogP contribution in [0.2, 0.25) is 0 Å². The average molecular weight is 368 g/mol. The van der Waals surface area contributed by atoms with Gasteiger partial charge in [0.1, 0.15) is 11.6 Å². The molecule has 27 heavy (non-hydrogen) atoms. The Morgan fingerprint density at radius 3 is 2.74 bits per heavy atom. The lowest BCUT2D eigenvalue weighted by atomic mass is 10.1. The van der Waals surface area contributed by atoms with Crippen LogP contribution in [0.1, 0.15) is 42.3 Å². The summed E-state index contributed by atoms with van der Waals surface area (Å²) in [6, 6.07) is 9.57. The van der Waals surface area contributed by atoms with Gasteiger partial charge in [-0.2, -0.15) is 4.98 Å². The molecule has 0 bridgehead atoms. The van der Waals surface area contributed by atoms with Gasteiger partial charge < -0.3 is 15.4 Å². The predicted molar refractivity (Wildman–Crippen MR) is 100 cm³/mol. The molecule has 0 saturated carbocycles. The van der Waals surface area contributed by atoms with Gasteiger partial charge in [0.05, 0.1) is 0 Å². The molecule has 2 aromatic rings. The van der Waals surface area contributed by atoms with Crippen molar-refractivity contribution in [3.63, 3.8) is 0 Å². The van der Waals surface area contributed by atoms with Gasteiger partial charge in [-0.3, -0.25) is 9.59 Å². The molecule has 3 rings (SSSR count). The van der Waals surface area contributed by atoms with Crippen molar-refractivity contribution in [2.24, 2.45) is 5.73 Å². The molecular weight excluding hydrogens is 344 g/mol. The summed E-state index contributed by atoms with van der Waals surface area (Å²) in [5, 5.41) is 0. The SMILES string of the molecule is Cc1cc(Oc2ccccc2C)nc([C@@H]2CCN(C(=O)CCC(N)=O)C2)n1. The topological polar surface area (TPSA) is 98.4 Å². The third-order valence-corrected chi connectivity index (χ3v) is 4.65. The van der Waals surface area contributed by atoms with Crippen LogP contribution in [0.5, 0.6) is 11.6 Å². The number of hydrogen-bond donors (Lipinski definition) is 1. The summed E-state index contributed by atoms with van der Waals surface area (Å²) in [5.41, 5.74) is 6.97. The van der Waals surface area contributed by atoms with Crippen LogP contribution in [0.3, 0.4) is 0 Å². The Bertz CT molecular complexity index is 853. The molecule has 7 heteroatoms. The maximum absolute atomic E-state index is 12.2. The normalized spacial score (nSPS) is 16.4. The van der Waals surface area contributed by atoms with Crippen LogP contribution in [0.15, 0.2) is 30.3 Å². The lowest BCUT2D eigenvalue weighted by Crippen LogP contribution is -2.29. The monoisotopic (exact) mass is 368 g/mol. The number of nitrogens with zero attached hydrogens (tertiary/aromatic N) is 3. The van der Waals surface area contributed by atoms with Crippen LogP contribution in [-0.2, 0) is 9.59 Å². The maximum atomic E-state index is 12.2. The molecule has 1 fully saturated rings. The van der Waals surface area contributed by atoms with E-state index in [2.05, 4.69) is 9.97 Å². The van der Waals surface area contributed by atoms with E-state index in [1.54, 1.807) is 11.0 Å². The maximum Gasteiger partial charge on any atom is 0.223 e. The molecule has 0 unspecified atom stereocenters. The minimum atomic E-state index is -0.459. The van der Waals surface area contributed by atoms with Crippen LogP contribution < -0.4 is 10.5 Å². The Morgan fingerprint density at radius 1 is 1.22 bits per heavy atom. The highest BCUT2D eigenvalue weighted by molar-refractivity contribution is 5.83. The van der Waals surface area contributed by atoms with Gasteiger partial charge in [-0.05, 0) is 31.9 Å². The molecule has 1 aromatic carbocycles. The van der Waals surface area contributed by atoms with E-state index in [9.17, 15) is 9.59 Å². The Morgan fingerprint density at radius 2 is 2.00 bits per heavy atom. The van der Waals surface area contributed by atoms with Gasteiger partial charge in [0.15, 0.2) is 0 Å². The van der Waals surface area contributed by atoms with Crippen LogP contribution in [0, 0.1) is 13.8 Å². The number of primary amides is 1. The molecule has 1 aliphatic heterocycles. The van der Waals surface area contributed by atoms with E-state index in [1.165, 1.54) is 0 Å². The number of carbonyl (C=O) groups is 2. The molecule has 7 nitrogen and oxygen atoms in total. The van der Waals surface area contributed by atoms with E-state index in [-0.39, 0.29) is 24.7 Å². The number of aromatic nitrogens is 2. The second kappa shape index (κ2) is 8.16. The summed E-state index contributed by atoms with van der Waals surface area (Å²) in [7, 11) is 0. The molecule has 2 N–H and O–H groups in total. The molecule has 2 amide bonds. The third kappa shape index (κ3) is 4.81. The fourth-order valence-electron chi connectivity index (χ4n) is 3.17. The van der Waals surface area contributed by atoms with Crippen LogP contribution >= 0.6 is 0 Å². The third-order valence-electron chi connectivity index (χ3n) is 4.65. The van der Waals surface area contributed by atoms with Gasteiger partial charge in [-0.25, -0.2) is 4.98 Å². The highest BCUT2D eigenvalue weighted by Crippen LogP contribution is 2.29. The molecule has 2 heterocycles. The second-order valence-corrected chi connectivity index (χ2v) is 6.86. The highest BCUT2D eigenvalue weighted by atomic mass is 16.5. The van der Waals surface area contributed by atoms with E-state index >= 15 is 0 Å². The molecule has 1 aromatic heterocycles. The van der Waals surface area contributed by atoms with Gasteiger partial charge in [-0.1, -0.05) is 18.2 Å². The summed E-state index contributed by atoms with van der Waals surface area (Å²) < 4.78 is 5.95. The van der Waals surface area contributed by atoms with Gasteiger partial charge >= 0.3 is 0 Å².